The first kappa shape index (κ1) is 28.2. The van der Waals surface area contributed by atoms with Crippen LogP contribution in [0.5, 0.6) is 17.2 Å². The van der Waals surface area contributed by atoms with Gasteiger partial charge in [0.1, 0.15) is 11.6 Å². The molecular formula is C33H37N3O5. The summed E-state index contributed by atoms with van der Waals surface area (Å²) in [5.41, 5.74) is 2.14. The molecule has 1 fully saturated rings. The van der Waals surface area contributed by atoms with Crippen LogP contribution in [-0.2, 0) is 11.2 Å². The van der Waals surface area contributed by atoms with Crippen molar-refractivity contribution in [1.29, 1.82) is 0 Å². The number of methoxy groups -OCH3 is 2. The Kier molecular flexibility index (Phi) is 8.57. The molecule has 5 rings (SSSR count). The molecule has 214 valence electrons. The maximum absolute atomic E-state index is 13.9. The Morgan fingerprint density at radius 3 is 2.41 bits per heavy atom. The molecule has 1 aliphatic carbocycles. The number of para-hydroxylation sites is 1. The monoisotopic (exact) mass is 555 g/mol. The van der Waals surface area contributed by atoms with E-state index in [1.54, 1.807) is 24.9 Å². The highest BCUT2D eigenvalue weighted by molar-refractivity contribution is 5.81. The van der Waals surface area contributed by atoms with Crippen LogP contribution in [0.1, 0.15) is 50.5 Å². The standard InChI is InChI=1S/C33H37N3O5/c1-5-41-26-16-14-25(15-17-26)36-31(34-28-12-7-6-11-27(28)33(36)38)22(2)35(32(37)24-9-8-10-24)20-19-23-13-18-29(39-3)30(21-23)40-4/h6-7,11-18,21-22,24H,5,8-10,19-20H2,1-4H3. The predicted molar refractivity (Wildman–Crippen MR) is 159 cm³/mol. The van der Waals surface area contributed by atoms with Gasteiger partial charge in [0.15, 0.2) is 11.5 Å². The molecule has 8 nitrogen and oxygen atoms in total. The summed E-state index contributed by atoms with van der Waals surface area (Å²) in [4.78, 5) is 34.7. The van der Waals surface area contributed by atoms with E-state index in [2.05, 4.69) is 0 Å². The van der Waals surface area contributed by atoms with Gasteiger partial charge in [0, 0.05) is 12.5 Å². The van der Waals surface area contributed by atoms with Crippen LogP contribution in [-0.4, -0.2) is 47.7 Å². The van der Waals surface area contributed by atoms with Gasteiger partial charge >= 0.3 is 0 Å². The maximum Gasteiger partial charge on any atom is 0.266 e. The summed E-state index contributed by atoms with van der Waals surface area (Å²) < 4.78 is 18.1. The molecule has 1 unspecified atom stereocenters. The molecule has 1 aliphatic rings. The number of aromatic nitrogens is 2. The molecule has 3 aromatic carbocycles. The second-order valence-electron chi connectivity index (χ2n) is 10.3. The third kappa shape index (κ3) is 5.78. The summed E-state index contributed by atoms with van der Waals surface area (Å²) in [7, 11) is 3.22. The van der Waals surface area contributed by atoms with Crippen LogP contribution < -0.4 is 19.8 Å². The fraction of sp³-hybridized carbons (Fsp3) is 0.364. The maximum atomic E-state index is 13.9. The fourth-order valence-corrected chi connectivity index (χ4v) is 5.35. The minimum atomic E-state index is -0.452. The fourth-order valence-electron chi connectivity index (χ4n) is 5.35. The number of nitrogens with zero attached hydrogens (tertiary/aromatic N) is 3. The van der Waals surface area contributed by atoms with Gasteiger partial charge in [-0.3, -0.25) is 14.2 Å². The Morgan fingerprint density at radius 2 is 1.76 bits per heavy atom. The number of rotatable bonds is 11. The molecule has 1 amide bonds. The first-order chi connectivity index (χ1) is 19.9. The number of fused-ring (bicyclic) bond motifs is 1. The Hall–Kier alpha value is -4.33. The first-order valence-electron chi connectivity index (χ1n) is 14.2. The van der Waals surface area contributed by atoms with E-state index in [9.17, 15) is 9.59 Å². The normalized spacial score (nSPS) is 13.9. The minimum Gasteiger partial charge on any atom is -0.494 e. The van der Waals surface area contributed by atoms with E-state index in [4.69, 9.17) is 19.2 Å². The van der Waals surface area contributed by atoms with Gasteiger partial charge in [-0.05, 0) is 87.2 Å². The summed E-state index contributed by atoms with van der Waals surface area (Å²) in [5.74, 6) is 2.66. The highest BCUT2D eigenvalue weighted by atomic mass is 16.5. The molecule has 0 radical (unpaired) electrons. The molecule has 1 saturated carbocycles. The van der Waals surface area contributed by atoms with Crippen molar-refractivity contribution in [2.24, 2.45) is 5.92 Å². The van der Waals surface area contributed by atoms with E-state index < -0.39 is 6.04 Å². The molecule has 1 atom stereocenters. The van der Waals surface area contributed by atoms with E-state index in [1.165, 1.54) is 0 Å². The zero-order valence-corrected chi connectivity index (χ0v) is 24.1. The lowest BCUT2D eigenvalue weighted by Gasteiger charge is -2.36. The topological polar surface area (TPSA) is 82.9 Å². The van der Waals surface area contributed by atoms with Gasteiger partial charge in [-0.2, -0.15) is 0 Å². The van der Waals surface area contributed by atoms with Gasteiger partial charge < -0.3 is 19.1 Å². The predicted octanol–water partition coefficient (Wildman–Crippen LogP) is 5.73. The van der Waals surface area contributed by atoms with Crippen molar-refractivity contribution in [2.75, 3.05) is 27.4 Å². The summed E-state index contributed by atoms with van der Waals surface area (Å²) >= 11 is 0. The number of amides is 1. The summed E-state index contributed by atoms with van der Waals surface area (Å²) in [6.07, 6.45) is 3.44. The van der Waals surface area contributed by atoms with E-state index in [1.807, 2.05) is 79.4 Å². The van der Waals surface area contributed by atoms with Crippen LogP contribution in [0.4, 0.5) is 0 Å². The van der Waals surface area contributed by atoms with Gasteiger partial charge in [0.2, 0.25) is 5.91 Å². The van der Waals surface area contributed by atoms with Gasteiger partial charge in [-0.25, -0.2) is 4.98 Å². The van der Waals surface area contributed by atoms with Crippen molar-refractivity contribution in [3.8, 4) is 22.9 Å². The Morgan fingerprint density at radius 1 is 1.02 bits per heavy atom. The smallest absolute Gasteiger partial charge is 0.266 e. The average molecular weight is 556 g/mol. The lowest BCUT2D eigenvalue weighted by Crippen LogP contribution is -2.43. The summed E-state index contributed by atoms with van der Waals surface area (Å²) in [6.45, 7) is 4.92. The molecule has 1 heterocycles. The van der Waals surface area contributed by atoms with E-state index in [0.717, 1.165) is 30.6 Å². The molecule has 8 heteroatoms. The molecular weight excluding hydrogens is 518 g/mol. The lowest BCUT2D eigenvalue weighted by atomic mass is 9.84. The molecule has 4 aromatic rings. The molecule has 0 saturated heterocycles. The molecule has 0 bridgehead atoms. The molecule has 0 N–H and O–H groups in total. The SMILES string of the molecule is CCOc1ccc(-n2c(C(C)N(CCc3ccc(OC)c(OC)c3)C(=O)C3CCC3)nc3ccccc3c2=O)cc1. The van der Waals surface area contributed by atoms with E-state index in [0.29, 0.717) is 53.5 Å². The lowest BCUT2D eigenvalue weighted by molar-refractivity contribution is -0.140. The number of hydrogen-bond acceptors (Lipinski definition) is 6. The van der Waals surface area contributed by atoms with Crippen LogP contribution in [0.2, 0.25) is 0 Å². The number of benzene rings is 3. The number of hydrogen-bond donors (Lipinski definition) is 0. The molecule has 0 aliphatic heterocycles. The minimum absolute atomic E-state index is 0.00559. The third-order valence-electron chi connectivity index (χ3n) is 7.88. The number of ether oxygens (including phenoxy) is 3. The molecule has 1 aromatic heterocycles. The largest absolute Gasteiger partial charge is 0.494 e. The Balaban J connectivity index is 1.56. The van der Waals surface area contributed by atoms with E-state index in [-0.39, 0.29) is 17.4 Å². The zero-order valence-electron chi connectivity index (χ0n) is 24.1. The van der Waals surface area contributed by atoms with Crippen LogP contribution in [0, 0.1) is 5.92 Å². The van der Waals surface area contributed by atoms with Crippen molar-refractivity contribution < 1.29 is 19.0 Å². The van der Waals surface area contributed by atoms with Crippen molar-refractivity contribution in [1.82, 2.24) is 14.5 Å². The Labute approximate surface area is 240 Å². The highest BCUT2D eigenvalue weighted by Crippen LogP contribution is 2.33. The first-order valence-corrected chi connectivity index (χ1v) is 14.2. The zero-order chi connectivity index (χ0) is 28.9. The van der Waals surface area contributed by atoms with Gasteiger partial charge in [0.05, 0.1) is 43.5 Å². The number of carbonyl (C=O) groups excluding carboxylic acids is 1. The van der Waals surface area contributed by atoms with E-state index >= 15 is 0 Å². The Bertz CT molecular complexity index is 1580. The van der Waals surface area contributed by atoms with Gasteiger partial charge in [-0.1, -0.05) is 24.6 Å². The highest BCUT2D eigenvalue weighted by Gasteiger charge is 2.34. The van der Waals surface area contributed by atoms with Crippen molar-refractivity contribution in [3.63, 3.8) is 0 Å². The van der Waals surface area contributed by atoms with Crippen LogP contribution >= 0.6 is 0 Å². The summed E-state index contributed by atoms with van der Waals surface area (Å²) in [5, 5.41) is 0.527. The third-order valence-corrected chi connectivity index (χ3v) is 7.88. The molecule has 0 spiro atoms. The number of carbonyl (C=O) groups is 1. The quantitative estimate of drug-likeness (QED) is 0.235. The van der Waals surface area contributed by atoms with Gasteiger partial charge in [-0.15, -0.1) is 0 Å². The molecule has 41 heavy (non-hydrogen) atoms. The average Bonchev–Trinajstić information content (AvgIpc) is 2.96. The van der Waals surface area contributed by atoms with Crippen LogP contribution in [0.3, 0.4) is 0 Å². The van der Waals surface area contributed by atoms with Crippen molar-refractivity contribution in [2.45, 2.75) is 45.6 Å². The van der Waals surface area contributed by atoms with Crippen molar-refractivity contribution >= 4 is 16.8 Å². The van der Waals surface area contributed by atoms with Gasteiger partial charge in [0.25, 0.3) is 5.56 Å². The van der Waals surface area contributed by atoms with Crippen molar-refractivity contribution in [3.05, 3.63) is 88.5 Å². The van der Waals surface area contributed by atoms with Crippen LogP contribution in [0.15, 0.2) is 71.5 Å². The summed E-state index contributed by atoms with van der Waals surface area (Å²) in [6, 6.07) is 20.1. The second kappa shape index (κ2) is 12.5. The second-order valence-corrected chi connectivity index (χ2v) is 10.3. The van der Waals surface area contributed by atoms with Crippen LogP contribution in [0.25, 0.3) is 16.6 Å².